The third kappa shape index (κ3) is 3.77. The summed E-state index contributed by atoms with van der Waals surface area (Å²) in [5, 5.41) is 0.282. The van der Waals surface area contributed by atoms with Gasteiger partial charge in [-0.3, -0.25) is 4.79 Å². The standard InChI is InChI=1S/C9H16ClNOS/c1-13-7-4-9(12)11-5-2-8(10)3-6-11/h8H,2-7H2,1H3. The first-order valence-corrected chi connectivity index (χ1v) is 6.48. The second-order valence-electron chi connectivity index (χ2n) is 3.30. The number of thioether (sulfide) groups is 1. The van der Waals surface area contributed by atoms with Crippen molar-refractivity contribution < 1.29 is 4.79 Å². The van der Waals surface area contributed by atoms with Gasteiger partial charge in [0, 0.05) is 30.6 Å². The van der Waals surface area contributed by atoms with Crippen molar-refractivity contribution in [1.82, 2.24) is 4.90 Å². The van der Waals surface area contributed by atoms with E-state index in [1.54, 1.807) is 11.8 Å². The number of rotatable bonds is 3. The monoisotopic (exact) mass is 221 g/mol. The zero-order valence-corrected chi connectivity index (χ0v) is 9.53. The molecule has 4 heteroatoms. The molecule has 1 rings (SSSR count). The summed E-state index contributed by atoms with van der Waals surface area (Å²) in [5.74, 6) is 1.22. The van der Waals surface area contributed by atoms with Crippen molar-refractivity contribution in [3.63, 3.8) is 0 Å². The Kier molecular flexibility index (Phi) is 4.96. The van der Waals surface area contributed by atoms with Gasteiger partial charge in [-0.1, -0.05) is 0 Å². The van der Waals surface area contributed by atoms with Gasteiger partial charge in [0.05, 0.1) is 0 Å². The lowest BCUT2D eigenvalue weighted by molar-refractivity contribution is -0.131. The molecule has 0 unspecified atom stereocenters. The highest BCUT2D eigenvalue weighted by molar-refractivity contribution is 7.98. The molecule has 13 heavy (non-hydrogen) atoms. The summed E-state index contributed by atoms with van der Waals surface area (Å²) in [5.41, 5.74) is 0. The SMILES string of the molecule is CSCCC(=O)N1CCC(Cl)CC1. The van der Waals surface area contributed by atoms with Gasteiger partial charge in [0.25, 0.3) is 0 Å². The summed E-state index contributed by atoms with van der Waals surface area (Å²) in [6.45, 7) is 1.70. The van der Waals surface area contributed by atoms with Gasteiger partial charge in [-0.25, -0.2) is 0 Å². The fourth-order valence-corrected chi connectivity index (χ4v) is 2.02. The Labute approximate surface area is 89.0 Å². The minimum atomic E-state index is 0.282. The summed E-state index contributed by atoms with van der Waals surface area (Å²) in [7, 11) is 0. The number of carbonyl (C=O) groups is 1. The van der Waals surface area contributed by atoms with Crippen molar-refractivity contribution in [3.8, 4) is 0 Å². The second-order valence-corrected chi connectivity index (χ2v) is 4.90. The summed E-state index contributed by atoms with van der Waals surface area (Å²) < 4.78 is 0. The molecule has 1 aliphatic rings. The van der Waals surface area contributed by atoms with E-state index in [2.05, 4.69) is 0 Å². The number of hydrogen-bond acceptors (Lipinski definition) is 2. The molecule has 0 aromatic rings. The fraction of sp³-hybridized carbons (Fsp3) is 0.889. The van der Waals surface area contributed by atoms with Crippen LogP contribution in [-0.2, 0) is 4.79 Å². The zero-order valence-electron chi connectivity index (χ0n) is 7.96. The van der Waals surface area contributed by atoms with Gasteiger partial charge in [-0.2, -0.15) is 11.8 Å². The molecule has 0 aliphatic carbocycles. The van der Waals surface area contributed by atoms with E-state index < -0.39 is 0 Å². The fourth-order valence-electron chi connectivity index (χ4n) is 1.44. The molecule has 1 aliphatic heterocycles. The summed E-state index contributed by atoms with van der Waals surface area (Å²) >= 11 is 7.67. The first-order valence-electron chi connectivity index (χ1n) is 4.65. The van der Waals surface area contributed by atoms with Gasteiger partial charge < -0.3 is 4.90 Å². The van der Waals surface area contributed by atoms with Crippen molar-refractivity contribution in [3.05, 3.63) is 0 Å². The maximum absolute atomic E-state index is 11.5. The van der Waals surface area contributed by atoms with Crippen molar-refractivity contribution in [1.29, 1.82) is 0 Å². The van der Waals surface area contributed by atoms with Gasteiger partial charge in [-0.15, -0.1) is 11.6 Å². The Morgan fingerprint density at radius 2 is 2.15 bits per heavy atom. The van der Waals surface area contributed by atoms with E-state index in [9.17, 15) is 4.79 Å². The van der Waals surface area contributed by atoms with Crippen LogP contribution in [0.4, 0.5) is 0 Å². The number of carbonyl (C=O) groups excluding carboxylic acids is 1. The Bertz CT molecular complexity index is 169. The number of piperidine rings is 1. The van der Waals surface area contributed by atoms with E-state index in [4.69, 9.17) is 11.6 Å². The van der Waals surface area contributed by atoms with E-state index in [0.717, 1.165) is 31.7 Å². The molecular formula is C9H16ClNOS. The predicted molar refractivity (Wildman–Crippen MR) is 58.5 cm³/mol. The molecular weight excluding hydrogens is 206 g/mol. The van der Waals surface area contributed by atoms with Crippen molar-refractivity contribution >= 4 is 29.3 Å². The van der Waals surface area contributed by atoms with Crippen LogP contribution in [-0.4, -0.2) is 41.3 Å². The summed E-state index contributed by atoms with van der Waals surface area (Å²) in [6, 6.07) is 0. The highest BCUT2D eigenvalue weighted by Gasteiger charge is 2.20. The molecule has 0 aromatic carbocycles. The molecule has 1 saturated heterocycles. The normalized spacial score (nSPS) is 19.1. The lowest BCUT2D eigenvalue weighted by Gasteiger charge is -2.29. The van der Waals surface area contributed by atoms with Crippen LogP contribution in [0.15, 0.2) is 0 Å². The molecule has 0 aromatic heterocycles. The molecule has 0 atom stereocenters. The lowest BCUT2D eigenvalue weighted by atomic mass is 10.1. The molecule has 1 fully saturated rings. The van der Waals surface area contributed by atoms with Crippen LogP contribution in [0, 0.1) is 0 Å². The molecule has 0 bridgehead atoms. The molecule has 2 nitrogen and oxygen atoms in total. The maximum atomic E-state index is 11.5. The average Bonchev–Trinajstić information content (AvgIpc) is 2.15. The maximum Gasteiger partial charge on any atom is 0.223 e. The molecule has 1 amide bonds. The smallest absolute Gasteiger partial charge is 0.223 e. The first-order chi connectivity index (χ1) is 6.24. The minimum absolute atomic E-state index is 0.282. The number of alkyl halides is 1. The first kappa shape index (κ1) is 11.2. The molecule has 0 radical (unpaired) electrons. The van der Waals surface area contributed by atoms with Crippen molar-refractivity contribution in [2.45, 2.75) is 24.6 Å². The Morgan fingerprint density at radius 3 is 2.69 bits per heavy atom. The van der Waals surface area contributed by atoms with E-state index in [-0.39, 0.29) is 11.3 Å². The Balaban J connectivity index is 2.23. The van der Waals surface area contributed by atoms with Crippen molar-refractivity contribution in [2.24, 2.45) is 0 Å². The molecule has 1 heterocycles. The topological polar surface area (TPSA) is 20.3 Å². The van der Waals surface area contributed by atoms with Crippen molar-refractivity contribution in [2.75, 3.05) is 25.1 Å². The average molecular weight is 222 g/mol. The second kappa shape index (κ2) is 5.76. The molecule has 0 N–H and O–H groups in total. The molecule has 76 valence electrons. The minimum Gasteiger partial charge on any atom is -0.343 e. The van der Waals surface area contributed by atoms with E-state index in [1.807, 2.05) is 11.2 Å². The largest absolute Gasteiger partial charge is 0.343 e. The third-order valence-corrected chi connectivity index (χ3v) is 3.35. The highest BCUT2D eigenvalue weighted by atomic mass is 35.5. The van der Waals surface area contributed by atoms with Crippen LogP contribution in [0.3, 0.4) is 0 Å². The summed E-state index contributed by atoms with van der Waals surface area (Å²) in [6.07, 6.45) is 4.60. The number of halogens is 1. The van der Waals surface area contributed by atoms with Crippen LogP contribution in [0.2, 0.25) is 0 Å². The quantitative estimate of drug-likeness (QED) is 0.680. The van der Waals surface area contributed by atoms with E-state index >= 15 is 0 Å². The Hall–Kier alpha value is 0.110. The van der Waals surface area contributed by atoms with Gasteiger partial charge in [-0.05, 0) is 19.1 Å². The third-order valence-electron chi connectivity index (χ3n) is 2.30. The Morgan fingerprint density at radius 1 is 1.54 bits per heavy atom. The van der Waals surface area contributed by atoms with Gasteiger partial charge in [0.15, 0.2) is 0 Å². The van der Waals surface area contributed by atoms with Gasteiger partial charge >= 0.3 is 0 Å². The number of hydrogen-bond donors (Lipinski definition) is 0. The van der Waals surface area contributed by atoms with E-state index in [1.165, 1.54) is 0 Å². The number of amides is 1. The van der Waals surface area contributed by atoms with Crippen LogP contribution >= 0.6 is 23.4 Å². The van der Waals surface area contributed by atoms with Gasteiger partial charge in [0.1, 0.15) is 0 Å². The zero-order chi connectivity index (χ0) is 9.68. The van der Waals surface area contributed by atoms with Crippen LogP contribution in [0.1, 0.15) is 19.3 Å². The van der Waals surface area contributed by atoms with E-state index in [0.29, 0.717) is 6.42 Å². The summed E-state index contributed by atoms with van der Waals surface area (Å²) in [4.78, 5) is 13.5. The molecule has 0 spiro atoms. The van der Waals surface area contributed by atoms with Crippen LogP contribution < -0.4 is 0 Å². The highest BCUT2D eigenvalue weighted by Crippen LogP contribution is 2.16. The number of nitrogens with zero attached hydrogens (tertiary/aromatic N) is 1. The van der Waals surface area contributed by atoms with Crippen LogP contribution in [0.5, 0.6) is 0 Å². The lowest BCUT2D eigenvalue weighted by Crippen LogP contribution is -2.38. The van der Waals surface area contributed by atoms with Gasteiger partial charge in [0.2, 0.25) is 5.91 Å². The van der Waals surface area contributed by atoms with Crippen LogP contribution in [0.25, 0.3) is 0 Å². The number of likely N-dealkylation sites (tertiary alicyclic amines) is 1. The molecule has 0 saturated carbocycles. The predicted octanol–water partition coefficient (Wildman–Crippen LogP) is 1.97.